The predicted molar refractivity (Wildman–Crippen MR) is 159 cm³/mol. The molecule has 6 aromatic rings. The normalized spacial score (nSPS) is 11.9. The van der Waals surface area contributed by atoms with Crippen molar-refractivity contribution in [2.45, 2.75) is 26.6 Å². The average Bonchev–Trinajstić information content (AvgIpc) is 3.27. The van der Waals surface area contributed by atoms with E-state index >= 15 is 4.39 Å². The van der Waals surface area contributed by atoms with E-state index in [1.807, 2.05) is 43.6 Å². The van der Waals surface area contributed by atoms with Crippen molar-refractivity contribution in [1.82, 2.24) is 0 Å². The molecular weight excluding hydrogens is 485 g/mol. The van der Waals surface area contributed by atoms with Crippen molar-refractivity contribution >= 4 is 35.2 Å². The molecule has 0 aliphatic carbocycles. The van der Waals surface area contributed by atoms with Crippen molar-refractivity contribution < 1.29 is 13.4 Å². The van der Waals surface area contributed by atoms with E-state index in [0.717, 1.165) is 49.9 Å². The number of benzene rings is 4. The van der Waals surface area contributed by atoms with Gasteiger partial charge in [0, 0.05) is 22.9 Å². The van der Waals surface area contributed by atoms with Gasteiger partial charge >= 0.3 is 0 Å². The molecule has 2 heterocycles. The Bertz CT molecular complexity index is 1810. The molecule has 188 valence electrons. The molecule has 0 unspecified atom stereocenters. The lowest BCUT2D eigenvalue weighted by atomic mass is 9.97. The molecule has 0 saturated carbocycles. The third-order valence-electron chi connectivity index (χ3n) is 7.54. The van der Waals surface area contributed by atoms with E-state index in [9.17, 15) is 0 Å². The lowest BCUT2D eigenvalue weighted by molar-refractivity contribution is -0.660. The van der Waals surface area contributed by atoms with Gasteiger partial charge in [0.1, 0.15) is 24.0 Å². The second kappa shape index (κ2) is 9.07. The van der Waals surface area contributed by atoms with E-state index in [2.05, 4.69) is 85.7 Å². The summed E-state index contributed by atoms with van der Waals surface area (Å²) in [5.74, 6) is -0.285. The minimum Gasteiger partial charge on any atom is -0.454 e. The summed E-state index contributed by atoms with van der Waals surface area (Å²) >= 11 is 0. The molecule has 2 nitrogen and oxygen atoms in total. The van der Waals surface area contributed by atoms with Crippen LogP contribution in [-0.2, 0) is 7.05 Å². The molecule has 4 heteroatoms. The summed E-state index contributed by atoms with van der Waals surface area (Å²) in [6, 6.07) is 30.7. The monoisotopic (exact) mass is 516 g/mol. The van der Waals surface area contributed by atoms with Gasteiger partial charge in [-0.25, -0.2) is 8.96 Å². The summed E-state index contributed by atoms with van der Waals surface area (Å²) in [6.07, 6.45) is 2.03. The lowest BCUT2D eigenvalue weighted by Crippen LogP contribution is -2.37. The van der Waals surface area contributed by atoms with Gasteiger partial charge in [-0.15, -0.1) is 0 Å². The summed E-state index contributed by atoms with van der Waals surface area (Å²) in [5, 5.41) is 3.35. The van der Waals surface area contributed by atoms with Crippen molar-refractivity contribution in [3.05, 3.63) is 109 Å². The van der Waals surface area contributed by atoms with Crippen LogP contribution in [0.25, 0.3) is 55.4 Å². The quantitative estimate of drug-likeness (QED) is 0.170. The molecule has 6 rings (SSSR count). The van der Waals surface area contributed by atoms with Crippen LogP contribution in [0.3, 0.4) is 0 Å². The Labute approximate surface area is 224 Å². The van der Waals surface area contributed by atoms with Crippen molar-refractivity contribution in [2.75, 3.05) is 0 Å². The largest absolute Gasteiger partial charge is 0.454 e. The number of hydrogen-bond donors (Lipinski definition) is 0. The zero-order chi connectivity index (χ0) is 26.6. The number of fused-ring (bicyclic) bond motifs is 3. The first-order valence-electron chi connectivity index (χ1n) is 13.0. The Morgan fingerprint density at radius 3 is 1.87 bits per heavy atom. The molecule has 0 N–H and O–H groups in total. The Kier molecular flexibility index (Phi) is 5.80. The first-order chi connectivity index (χ1) is 18.2. The van der Waals surface area contributed by atoms with Crippen LogP contribution in [-0.4, -0.2) is 8.07 Å². The Morgan fingerprint density at radius 1 is 0.658 bits per heavy atom. The number of aryl methyl sites for hydroxylation is 2. The second-order valence-electron chi connectivity index (χ2n) is 11.1. The Hall–Kier alpha value is -4.02. The van der Waals surface area contributed by atoms with Gasteiger partial charge in [0.05, 0.1) is 19.2 Å². The van der Waals surface area contributed by atoms with Crippen LogP contribution in [0.15, 0.2) is 102 Å². The topological polar surface area (TPSA) is 17.0 Å². The molecule has 0 aliphatic heterocycles. The molecule has 0 saturated heterocycles. The highest BCUT2D eigenvalue weighted by atomic mass is 28.3. The van der Waals surface area contributed by atoms with Crippen molar-refractivity contribution in [3.8, 4) is 33.5 Å². The number of hydrogen-bond acceptors (Lipinski definition) is 1. The van der Waals surface area contributed by atoms with E-state index < -0.39 is 8.07 Å². The maximum absolute atomic E-state index is 15.4. The molecule has 0 fully saturated rings. The van der Waals surface area contributed by atoms with E-state index in [4.69, 9.17) is 4.42 Å². The summed E-state index contributed by atoms with van der Waals surface area (Å²) in [5.41, 5.74) is 8.15. The zero-order valence-electron chi connectivity index (χ0n) is 22.5. The number of halogens is 1. The second-order valence-corrected chi connectivity index (χ2v) is 16.2. The van der Waals surface area contributed by atoms with Gasteiger partial charge in [-0.3, -0.25) is 0 Å². The molecule has 0 bridgehead atoms. The fourth-order valence-corrected chi connectivity index (χ4v) is 6.51. The van der Waals surface area contributed by atoms with Crippen LogP contribution in [0.2, 0.25) is 19.6 Å². The third kappa shape index (κ3) is 4.06. The van der Waals surface area contributed by atoms with Gasteiger partial charge < -0.3 is 4.42 Å². The molecule has 0 aliphatic rings. The van der Waals surface area contributed by atoms with Gasteiger partial charge in [-0.1, -0.05) is 85.5 Å². The van der Waals surface area contributed by atoms with Crippen LogP contribution >= 0.6 is 0 Å². The highest BCUT2D eigenvalue weighted by Gasteiger charge is 2.23. The summed E-state index contributed by atoms with van der Waals surface area (Å²) in [6.45, 7) is 9.15. The SMILES string of the molecule is Cc1ccc2c(oc3c(-c4ccc(-c5ccc([Si](C)(C)C)cc5)cc4)c(F)ccc32)c1-c1cccc[n+]1C. The zero-order valence-corrected chi connectivity index (χ0v) is 23.5. The van der Waals surface area contributed by atoms with Gasteiger partial charge in [0.25, 0.3) is 0 Å². The van der Waals surface area contributed by atoms with Gasteiger partial charge in [0.15, 0.2) is 6.20 Å². The van der Waals surface area contributed by atoms with E-state index in [1.165, 1.54) is 5.19 Å². The molecule has 0 radical (unpaired) electrons. The smallest absolute Gasteiger partial charge is 0.216 e. The average molecular weight is 517 g/mol. The minimum atomic E-state index is -1.34. The number of pyridine rings is 1. The Balaban J connectivity index is 1.49. The highest BCUT2D eigenvalue weighted by molar-refractivity contribution is 6.88. The van der Waals surface area contributed by atoms with E-state index in [-0.39, 0.29) is 5.82 Å². The van der Waals surface area contributed by atoms with Gasteiger partial charge in [0.2, 0.25) is 5.69 Å². The number of nitrogens with zero attached hydrogens (tertiary/aromatic N) is 1. The summed E-state index contributed by atoms with van der Waals surface area (Å²) in [4.78, 5) is 0. The molecule has 0 spiro atoms. The maximum atomic E-state index is 15.4. The fourth-order valence-electron chi connectivity index (χ4n) is 5.34. The molecule has 38 heavy (non-hydrogen) atoms. The van der Waals surface area contributed by atoms with Gasteiger partial charge in [-0.05, 0) is 47.4 Å². The maximum Gasteiger partial charge on any atom is 0.216 e. The lowest BCUT2D eigenvalue weighted by Gasteiger charge is -2.16. The molecule has 4 aromatic carbocycles. The van der Waals surface area contributed by atoms with Crippen molar-refractivity contribution in [2.24, 2.45) is 7.05 Å². The third-order valence-corrected chi connectivity index (χ3v) is 9.60. The predicted octanol–water partition coefficient (Wildman–Crippen LogP) is 8.40. The molecule has 0 amide bonds. The van der Waals surface area contributed by atoms with Crippen LogP contribution in [0.4, 0.5) is 4.39 Å². The Morgan fingerprint density at radius 2 is 1.24 bits per heavy atom. The molecular formula is C34H31FNOSi+. The number of furan rings is 1. The molecule has 0 atom stereocenters. The van der Waals surface area contributed by atoms with Crippen LogP contribution in [0.5, 0.6) is 0 Å². The van der Waals surface area contributed by atoms with Crippen molar-refractivity contribution in [1.29, 1.82) is 0 Å². The summed E-state index contributed by atoms with van der Waals surface area (Å²) < 4.78 is 24.1. The van der Waals surface area contributed by atoms with Crippen LogP contribution in [0, 0.1) is 12.7 Å². The van der Waals surface area contributed by atoms with E-state index in [1.54, 1.807) is 6.07 Å². The number of aromatic nitrogens is 1. The molecule has 2 aromatic heterocycles. The number of rotatable bonds is 4. The first-order valence-corrected chi connectivity index (χ1v) is 16.5. The standard InChI is InChI=1S/C34H31FNOSi/c1-22-9-18-27-28-19-20-29(35)32(34(28)37-33(27)31(22)30-8-6-7-21-36(30)2)25-12-10-23(11-13-25)24-14-16-26(17-15-24)38(3,4)5/h6-21H,1-5H3/q+1. The fraction of sp³-hybridized carbons (Fsp3) is 0.147. The van der Waals surface area contributed by atoms with Crippen LogP contribution < -0.4 is 9.75 Å². The van der Waals surface area contributed by atoms with Crippen LogP contribution in [0.1, 0.15) is 5.56 Å². The van der Waals surface area contributed by atoms with Crippen molar-refractivity contribution in [3.63, 3.8) is 0 Å². The first kappa shape index (κ1) is 24.3. The van der Waals surface area contributed by atoms with Gasteiger partial charge in [-0.2, -0.15) is 0 Å². The highest BCUT2D eigenvalue weighted by Crippen LogP contribution is 2.41. The minimum absolute atomic E-state index is 0.285. The van der Waals surface area contributed by atoms with E-state index in [0.29, 0.717) is 11.1 Å². The summed E-state index contributed by atoms with van der Waals surface area (Å²) in [7, 11) is 0.686.